The summed E-state index contributed by atoms with van der Waals surface area (Å²) < 4.78 is 0. The molecule has 0 aromatic carbocycles. The van der Waals surface area contributed by atoms with Gasteiger partial charge in [-0.1, -0.05) is 0 Å². The van der Waals surface area contributed by atoms with E-state index >= 15 is 0 Å². The molecule has 94 valence electrons. The largest absolute Gasteiger partial charge is 0.347 e. The number of likely N-dealkylation sites (N-methyl/N-ethyl adjacent to an activating group) is 1. The minimum atomic E-state index is -0.454. The summed E-state index contributed by atoms with van der Waals surface area (Å²) in [6.45, 7) is 6.16. The van der Waals surface area contributed by atoms with Gasteiger partial charge in [-0.05, 0) is 46.8 Å². The Morgan fingerprint density at radius 1 is 1.31 bits per heavy atom. The number of amides is 1. The highest BCUT2D eigenvalue weighted by atomic mass is 16.2. The van der Waals surface area contributed by atoms with E-state index in [2.05, 4.69) is 17.3 Å². The van der Waals surface area contributed by atoms with Crippen LogP contribution in [0.5, 0.6) is 0 Å². The quantitative estimate of drug-likeness (QED) is 0.764. The summed E-state index contributed by atoms with van der Waals surface area (Å²) in [5.74, 6) is 0.145. The Labute approximate surface area is 99.0 Å². The zero-order valence-corrected chi connectivity index (χ0v) is 11.2. The van der Waals surface area contributed by atoms with E-state index < -0.39 is 5.54 Å². The smallest absolute Gasteiger partial charge is 0.241 e. The lowest BCUT2D eigenvalue weighted by Gasteiger charge is -2.36. The van der Waals surface area contributed by atoms with Crippen molar-refractivity contribution < 1.29 is 4.79 Å². The molecule has 1 N–H and O–H groups in total. The summed E-state index contributed by atoms with van der Waals surface area (Å²) in [4.78, 5) is 15.9. The minimum Gasteiger partial charge on any atom is -0.347 e. The van der Waals surface area contributed by atoms with Crippen LogP contribution in [0.4, 0.5) is 0 Å². The van der Waals surface area contributed by atoms with Crippen molar-refractivity contribution >= 4 is 5.91 Å². The number of piperidine rings is 1. The average molecular weight is 227 g/mol. The van der Waals surface area contributed by atoms with E-state index in [9.17, 15) is 4.79 Å². The molecule has 0 atom stereocenters. The van der Waals surface area contributed by atoms with Crippen molar-refractivity contribution in [2.45, 2.75) is 38.3 Å². The second-order valence-electron chi connectivity index (χ2n) is 5.55. The van der Waals surface area contributed by atoms with Crippen LogP contribution in [0.3, 0.4) is 0 Å². The second kappa shape index (κ2) is 5.15. The van der Waals surface area contributed by atoms with Crippen LogP contribution in [0.15, 0.2) is 0 Å². The van der Waals surface area contributed by atoms with Crippen LogP contribution < -0.4 is 5.32 Å². The summed E-state index contributed by atoms with van der Waals surface area (Å²) in [7, 11) is 5.76. The van der Waals surface area contributed by atoms with Crippen LogP contribution in [-0.2, 0) is 4.79 Å². The van der Waals surface area contributed by atoms with Gasteiger partial charge in [0.2, 0.25) is 5.91 Å². The number of rotatable bonds is 3. The van der Waals surface area contributed by atoms with Gasteiger partial charge in [0.15, 0.2) is 0 Å². The molecule has 16 heavy (non-hydrogen) atoms. The van der Waals surface area contributed by atoms with E-state index in [-0.39, 0.29) is 5.91 Å². The van der Waals surface area contributed by atoms with Gasteiger partial charge in [0.25, 0.3) is 0 Å². The molecule has 0 radical (unpaired) electrons. The molecule has 0 aromatic heterocycles. The molecule has 4 nitrogen and oxygen atoms in total. The van der Waals surface area contributed by atoms with Crippen molar-refractivity contribution in [2.75, 3.05) is 34.2 Å². The van der Waals surface area contributed by atoms with Crippen LogP contribution in [0, 0.1) is 0 Å². The van der Waals surface area contributed by atoms with Crippen LogP contribution in [0.1, 0.15) is 26.7 Å². The molecular weight excluding hydrogens is 202 g/mol. The third kappa shape index (κ3) is 3.46. The molecule has 1 aliphatic heterocycles. The van der Waals surface area contributed by atoms with Crippen molar-refractivity contribution in [3.05, 3.63) is 0 Å². The number of likely N-dealkylation sites (tertiary alicyclic amines) is 1. The SMILES string of the molecule is CN1CCC(NC(C)(C)C(=O)N(C)C)CC1. The van der Waals surface area contributed by atoms with E-state index in [1.807, 2.05) is 13.8 Å². The number of hydrogen-bond acceptors (Lipinski definition) is 3. The van der Waals surface area contributed by atoms with Gasteiger partial charge in [-0.2, -0.15) is 0 Å². The number of hydrogen-bond donors (Lipinski definition) is 1. The fourth-order valence-corrected chi connectivity index (χ4v) is 2.28. The first kappa shape index (κ1) is 13.5. The van der Waals surface area contributed by atoms with Crippen molar-refractivity contribution in [1.29, 1.82) is 0 Å². The lowest BCUT2D eigenvalue weighted by molar-refractivity contribution is -0.134. The molecule has 0 saturated carbocycles. The van der Waals surface area contributed by atoms with Gasteiger partial charge >= 0.3 is 0 Å². The molecule has 0 bridgehead atoms. The van der Waals surface area contributed by atoms with Gasteiger partial charge in [-0.15, -0.1) is 0 Å². The van der Waals surface area contributed by atoms with Crippen molar-refractivity contribution in [3.63, 3.8) is 0 Å². The van der Waals surface area contributed by atoms with Crippen molar-refractivity contribution in [1.82, 2.24) is 15.1 Å². The predicted octanol–water partition coefficient (Wildman–Crippen LogP) is 0.537. The van der Waals surface area contributed by atoms with Gasteiger partial charge < -0.3 is 15.1 Å². The Morgan fingerprint density at radius 2 is 1.81 bits per heavy atom. The molecule has 0 unspecified atom stereocenters. The van der Waals surface area contributed by atoms with Gasteiger partial charge in [0.1, 0.15) is 0 Å². The third-order valence-corrected chi connectivity index (χ3v) is 3.22. The number of nitrogens with zero attached hydrogens (tertiary/aromatic N) is 2. The normalized spacial score (nSPS) is 19.8. The number of carbonyl (C=O) groups is 1. The average Bonchev–Trinajstić information content (AvgIpc) is 2.20. The van der Waals surface area contributed by atoms with Crippen LogP contribution in [0.25, 0.3) is 0 Å². The molecule has 4 heteroatoms. The standard InChI is InChI=1S/C12H25N3O/c1-12(2,11(16)14(3)4)13-10-6-8-15(5)9-7-10/h10,13H,6-9H2,1-5H3. The molecule has 0 spiro atoms. The zero-order valence-electron chi connectivity index (χ0n) is 11.2. The first-order valence-corrected chi connectivity index (χ1v) is 6.01. The van der Waals surface area contributed by atoms with Crippen LogP contribution >= 0.6 is 0 Å². The molecular formula is C12H25N3O. The molecule has 0 aliphatic carbocycles. The minimum absolute atomic E-state index is 0.145. The summed E-state index contributed by atoms with van der Waals surface area (Å²) in [6, 6.07) is 0.468. The van der Waals surface area contributed by atoms with Gasteiger partial charge in [-0.25, -0.2) is 0 Å². The molecule has 1 amide bonds. The molecule has 1 rings (SSSR count). The second-order valence-corrected chi connectivity index (χ2v) is 5.55. The molecule has 0 aromatic rings. The van der Waals surface area contributed by atoms with E-state index in [0.29, 0.717) is 6.04 Å². The summed E-state index contributed by atoms with van der Waals surface area (Å²) >= 11 is 0. The third-order valence-electron chi connectivity index (χ3n) is 3.22. The summed E-state index contributed by atoms with van der Waals surface area (Å²) in [5, 5.41) is 3.48. The fraction of sp³-hybridized carbons (Fsp3) is 0.917. The summed E-state index contributed by atoms with van der Waals surface area (Å²) in [6.07, 6.45) is 2.25. The molecule has 1 heterocycles. The van der Waals surface area contributed by atoms with Crippen LogP contribution in [-0.4, -0.2) is 61.5 Å². The highest BCUT2D eigenvalue weighted by molar-refractivity contribution is 5.85. The van der Waals surface area contributed by atoms with Crippen LogP contribution in [0.2, 0.25) is 0 Å². The summed E-state index contributed by atoms with van der Waals surface area (Å²) in [5.41, 5.74) is -0.454. The lowest BCUT2D eigenvalue weighted by Crippen LogP contribution is -2.57. The molecule has 1 aliphatic rings. The maximum absolute atomic E-state index is 12.0. The zero-order chi connectivity index (χ0) is 12.3. The number of nitrogens with one attached hydrogen (secondary N) is 1. The topological polar surface area (TPSA) is 35.6 Å². The Kier molecular flexibility index (Phi) is 4.33. The highest BCUT2D eigenvalue weighted by Crippen LogP contribution is 2.14. The maximum Gasteiger partial charge on any atom is 0.241 e. The van der Waals surface area contributed by atoms with Gasteiger partial charge in [0.05, 0.1) is 5.54 Å². The lowest BCUT2D eigenvalue weighted by atomic mass is 9.97. The van der Waals surface area contributed by atoms with E-state index in [1.54, 1.807) is 19.0 Å². The molecule has 1 saturated heterocycles. The first-order valence-electron chi connectivity index (χ1n) is 6.01. The van der Waals surface area contributed by atoms with Gasteiger partial charge in [0, 0.05) is 20.1 Å². The van der Waals surface area contributed by atoms with Crippen molar-refractivity contribution in [2.24, 2.45) is 0 Å². The highest BCUT2D eigenvalue weighted by Gasteiger charge is 2.32. The number of carbonyl (C=O) groups excluding carboxylic acids is 1. The Hall–Kier alpha value is -0.610. The molecule has 1 fully saturated rings. The fourth-order valence-electron chi connectivity index (χ4n) is 2.28. The van der Waals surface area contributed by atoms with Crippen molar-refractivity contribution in [3.8, 4) is 0 Å². The maximum atomic E-state index is 12.0. The monoisotopic (exact) mass is 227 g/mol. The van der Waals surface area contributed by atoms with E-state index in [0.717, 1.165) is 25.9 Å². The predicted molar refractivity (Wildman–Crippen MR) is 66.4 cm³/mol. The Morgan fingerprint density at radius 3 is 2.25 bits per heavy atom. The van der Waals surface area contributed by atoms with E-state index in [4.69, 9.17) is 0 Å². The first-order chi connectivity index (χ1) is 7.33. The Balaban J connectivity index is 2.49. The van der Waals surface area contributed by atoms with E-state index in [1.165, 1.54) is 0 Å². The Bertz CT molecular complexity index is 243. The van der Waals surface area contributed by atoms with Gasteiger partial charge in [-0.3, -0.25) is 4.79 Å².